The second-order valence-electron chi connectivity index (χ2n) is 1.86. The fourth-order valence-corrected chi connectivity index (χ4v) is 0.873. The van der Waals surface area contributed by atoms with E-state index in [-0.39, 0.29) is 5.88 Å². The summed E-state index contributed by atoms with van der Waals surface area (Å²) in [5.41, 5.74) is 0. The van der Waals surface area contributed by atoms with Crippen LogP contribution < -0.4 is 4.74 Å². The van der Waals surface area contributed by atoms with Gasteiger partial charge in [-0.3, -0.25) is 0 Å². The van der Waals surface area contributed by atoms with Crippen molar-refractivity contribution in [3.05, 3.63) is 17.0 Å². The Morgan fingerprint density at radius 3 is 3.08 bits per heavy atom. The second-order valence-corrected chi connectivity index (χ2v) is 2.71. The molecule has 1 heterocycles. The van der Waals surface area contributed by atoms with Crippen molar-refractivity contribution in [2.75, 3.05) is 6.61 Å². The summed E-state index contributed by atoms with van der Waals surface area (Å²) in [6.45, 7) is -0.407. The number of hydrogen-bond acceptors (Lipinski definition) is 4. The van der Waals surface area contributed by atoms with Gasteiger partial charge in [0, 0.05) is 6.20 Å². The number of aliphatic carboxylic acids is 1. The molecule has 5 nitrogen and oxygen atoms in total. The third-order valence-corrected chi connectivity index (χ3v) is 1.51. The van der Waals surface area contributed by atoms with E-state index >= 15 is 0 Å². The summed E-state index contributed by atoms with van der Waals surface area (Å²) in [6.07, 6.45) is 2.76. The lowest BCUT2D eigenvalue weighted by Crippen LogP contribution is -2.10. The maximum absolute atomic E-state index is 10.1. The van der Waals surface area contributed by atoms with E-state index in [1.807, 2.05) is 0 Å². The van der Waals surface area contributed by atoms with Crippen LogP contribution >= 0.6 is 15.9 Å². The van der Waals surface area contributed by atoms with Gasteiger partial charge in [0.05, 0.1) is 4.47 Å². The van der Waals surface area contributed by atoms with Gasteiger partial charge in [0.25, 0.3) is 0 Å². The van der Waals surface area contributed by atoms with Crippen molar-refractivity contribution >= 4 is 21.9 Å². The third-order valence-electron chi connectivity index (χ3n) is 0.966. The summed E-state index contributed by atoms with van der Waals surface area (Å²) in [7, 11) is 0. The summed E-state index contributed by atoms with van der Waals surface area (Å²) in [4.78, 5) is 17.5. The maximum atomic E-state index is 10.1. The minimum Gasteiger partial charge on any atom is -0.479 e. The number of ether oxygens (including phenoxy) is 1. The zero-order valence-corrected chi connectivity index (χ0v) is 7.48. The molecule has 1 aromatic rings. The predicted molar refractivity (Wildman–Crippen MR) is 42.9 cm³/mol. The molecule has 1 aromatic heterocycles. The van der Waals surface area contributed by atoms with Crippen LogP contribution in [0.15, 0.2) is 17.0 Å². The molecule has 1 N–H and O–H groups in total. The Labute approximate surface area is 76.5 Å². The molecule has 0 radical (unpaired) electrons. The van der Waals surface area contributed by atoms with Crippen LogP contribution in [0.5, 0.6) is 5.88 Å². The van der Waals surface area contributed by atoms with Crippen molar-refractivity contribution in [1.29, 1.82) is 0 Å². The number of carboxylic acid groups (broad SMARTS) is 1. The van der Waals surface area contributed by atoms with E-state index in [0.717, 1.165) is 0 Å². The molecule has 0 aliphatic carbocycles. The minimum atomic E-state index is -1.04. The Hall–Kier alpha value is -1.17. The van der Waals surface area contributed by atoms with Gasteiger partial charge in [-0.15, -0.1) is 0 Å². The molecule has 0 spiro atoms. The molecule has 0 saturated carbocycles. The van der Waals surface area contributed by atoms with Gasteiger partial charge in [-0.1, -0.05) is 0 Å². The van der Waals surface area contributed by atoms with Gasteiger partial charge >= 0.3 is 5.97 Å². The Morgan fingerprint density at radius 1 is 1.75 bits per heavy atom. The summed E-state index contributed by atoms with van der Waals surface area (Å²) in [5.74, 6) is -0.812. The molecule has 64 valence electrons. The average Bonchev–Trinajstić information content (AvgIpc) is 2.03. The lowest BCUT2D eigenvalue weighted by atomic mass is 10.6. The molecular weight excluding hydrogens is 228 g/mol. The molecule has 0 aliphatic heterocycles. The minimum absolute atomic E-state index is 0.229. The van der Waals surface area contributed by atoms with E-state index in [0.29, 0.717) is 4.47 Å². The number of carbonyl (C=O) groups is 1. The van der Waals surface area contributed by atoms with Crippen molar-refractivity contribution < 1.29 is 14.6 Å². The monoisotopic (exact) mass is 232 g/mol. The van der Waals surface area contributed by atoms with Gasteiger partial charge < -0.3 is 9.84 Å². The highest BCUT2D eigenvalue weighted by atomic mass is 79.9. The fourth-order valence-electron chi connectivity index (χ4n) is 0.538. The first kappa shape index (κ1) is 8.92. The highest BCUT2D eigenvalue weighted by Crippen LogP contribution is 2.19. The molecule has 0 bridgehead atoms. The number of rotatable bonds is 3. The van der Waals surface area contributed by atoms with Crippen LogP contribution in [0.3, 0.4) is 0 Å². The second kappa shape index (κ2) is 4.01. The number of hydrogen-bond donors (Lipinski definition) is 1. The lowest BCUT2D eigenvalue weighted by Gasteiger charge is -2.01. The zero-order chi connectivity index (χ0) is 8.97. The first-order valence-electron chi connectivity index (χ1n) is 3.00. The van der Waals surface area contributed by atoms with E-state index in [9.17, 15) is 4.79 Å². The largest absolute Gasteiger partial charge is 0.479 e. The first-order chi connectivity index (χ1) is 5.70. The number of carboxylic acids is 1. The van der Waals surface area contributed by atoms with Crippen molar-refractivity contribution in [2.45, 2.75) is 0 Å². The predicted octanol–water partition coefficient (Wildman–Crippen LogP) is 0.702. The molecule has 12 heavy (non-hydrogen) atoms. The van der Waals surface area contributed by atoms with E-state index in [2.05, 4.69) is 25.9 Å². The van der Waals surface area contributed by atoms with Crippen molar-refractivity contribution in [3.8, 4) is 5.88 Å². The normalized spacial score (nSPS) is 9.42. The van der Waals surface area contributed by atoms with E-state index in [1.54, 1.807) is 0 Å². The number of halogens is 1. The first-order valence-corrected chi connectivity index (χ1v) is 3.79. The summed E-state index contributed by atoms with van der Waals surface area (Å²) < 4.78 is 5.33. The van der Waals surface area contributed by atoms with Crippen molar-refractivity contribution in [3.63, 3.8) is 0 Å². The summed E-state index contributed by atoms with van der Waals surface area (Å²) in [6, 6.07) is 0. The Kier molecular flexibility index (Phi) is 2.98. The Bertz CT molecular complexity index is 292. The van der Waals surface area contributed by atoms with Crippen LogP contribution in [-0.4, -0.2) is 27.7 Å². The quantitative estimate of drug-likeness (QED) is 0.831. The van der Waals surface area contributed by atoms with Gasteiger partial charge in [0.2, 0.25) is 5.88 Å². The van der Waals surface area contributed by atoms with E-state index in [1.165, 1.54) is 12.5 Å². The van der Waals surface area contributed by atoms with Crippen LogP contribution in [0.4, 0.5) is 0 Å². The standard InChI is InChI=1S/C6H5BrN2O3/c7-4-1-8-3-9-6(4)12-2-5(10)11/h1,3H,2H2,(H,10,11). The molecule has 6 heteroatoms. The fraction of sp³-hybridized carbons (Fsp3) is 0.167. The van der Waals surface area contributed by atoms with E-state index < -0.39 is 12.6 Å². The Morgan fingerprint density at radius 2 is 2.50 bits per heavy atom. The van der Waals surface area contributed by atoms with Crippen LogP contribution in [-0.2, 0) is 4.79 Å². The molecule has 0 aliphatic rings. The molecule has 0 atom stereocenters. The SMILES string of the molecule is O=C(O)COc1ncncc1Br. The summed E-state index contributed by atoms with van der Waals surface area (Å²) in [5, 5.41) is 8.28. The maximum Gasteiger partial charge on any atom is 0.341 e. The average molecular weight is 233 g/mol. The molecule has 0 aromatic carbocycles. The highest BCUT2D eigenvalue weighted by molar-refractivity contribution is 9.10. The molecule has 1 rings (SSSR count). The van der Waals surface area contributed by atoms with Crippen LogP contribution in [0.2, 0.25) is 0 Å². The lowest BCUT2D eigenvalue weighted by molar-refractivity contribution is -0.139. The van der Waals surface area contributed by atoms with Crippen molar-refractivity contribution in [2.24, 2.45) is 0 Å². The van der Waals surface area contributed by atoms with Gasteiger partial charge in [0.1, 0.15) is 6.33 Å². The van der Waals surface area contributed by atoms with Crippen molar-refractivity contribution in [1.82, 2.24) is 9.97 Å². The smallest absolute Gasteiger partial charge is 0.341 e. The van der Waals surface area contributed by atoms with Gasteiger partial charge in [0.15, 0.2) is 6.61 Å². The van der Waals surface area contributed by atoms with Crippen LogP contribution in [0.1, 0.15) is 0 Å². The zero-order valence-electron chi connectivity index (χ0n) is 5.90. The van der Waals surface area contributed by atoms with E-state index in [4.69, 9.17) is 9.84 Å². The highest BCUT2D eigenvalue weighted by Gasteiger charge is 2.03. The van der Waals surface area contributed by atoms with Crippen LogP contribution in [0, 0.1) is 0 Å². The third kappa shape index (κ3) is 2.46. The van der Waals surface area contributed by atoms with Gasteiger partial charge in [-0.25, -0.2) is 14.8 Å². The van der Waals surface area contributed by atoms with Crippen LogP contribution in [0.25, 0.3) is 0 Å². The number of aromatic nitrogens is 2. The van der Waals surface area contributed by atoms with Gasteiger partial charge in [-0.2, -0.15) is 0 Å². The molecule has 0 fully saturated rings. The topological polar surface area (TPSA) is 72.3 Å². The molecular formula is C6H5BrN2O3. The molecule has 0 unspecified atom stereocenters. The Balaban J connectivity index is 2.63. The molecule has 0 saturated heterocycles. The molecule has 0 amide bonds. The summed E-state index contributed by atoms with van der Waals surface area (Å²) >= 11 is 3.10. The number of nitrogens with zero attached hydrogens (tertiary/aromatic N) is 2. The van der Waals surface area contributed by atoms with Gasteiger partial charge in [-0.05, 0) is 15.9 Å².